The van der Waals surface area contributed by atoms with Crippen molar-refractivity contribution in [2.75, 3.05) is 0 Å². The summed E-state index contributed by atoms with van der Waals surface area (Å²) in [6.07, 6.45) is 1.53. The molecule has 3 aromatic carbocycles. The Morgan fingerprint density at radius 3 is 2.32 bits per heavy atom. The van der Waals surface area contributed by atoms with Crippen molar-refractivity contribution in [3.63, 3.8) is 0 Å². The molecule has 0 radical (unpaired) electrons. The number of carbonyl (C=O) groups is 1. The molecule has 0 saturated heterocycles. The lowest BCUT2D eigenvalue weighted by molar-refractivity contribution is -0.122. The van der Waals surface area contributed by atoms with E-state index >= 15 is 0 Å². The molecule has 0 aliphatic carbocycles. The second kappa shape index (κ2) is 8.57. The van der Waals surface area contributed by atoms with E-state index in [1.807, 2.05) is 49.4 Å². The van der Waals surface area contributed by atoms with Crippen molar-refractivity contribution in [1.82, 2.24) is 9.88 Å². The number of fused-ring (bicyclic) bond motifs is 1. The molecule has 1 heterocycles. The summed E-state index contributed by atoms with van der Waals surface area (Å²) in [6, 6.07) is 22.7. The molecule has 0 bridgehead atoms. The van der Waals surface area contributed by atoms with Gasteiger partial charge in [-0.3, -0.25) is 4.79 Å². The molecule has 31 heavy (non-hydrogen) atoms. The topological polar surface area (TPSA) is 68.2 Å². The number of hydrogen-bond acceptors (Lipinski definition) is 3. The van der Waals surface area contributed by atoms with Gasteiger partial charge < -0.3 is 9.88 Å². The second-order valence-corrected chi connectivity index (χ2v) is 9.65. The number of aromatic nitrogens is 1. The highest BCUT2D eigenvalue weighted by atomic mass is 35.5. The zero-order chi connectivity index (χ0) is 22.0. The van der Waals surface area contributed by atoms with Crippen molar-refractivity contribution in [2.24, 2.45) is 0 Å². The van der Waals surface area contributed by atoms with Crippen LogP contribution in [0.25, 0.3) is 10.9 Å². The van der Waals surface area contributed by atoms with Crippen LogP contribution in [0.5, 0.6) is 0 Å². The first kappa shape index (κ1) is 21.2. The van der Waals surface area contributed by atoms with Crippen LogP contribution in [0.15, 0.2) is 94.9 Å². The molecule has 1 N–H and O–H groups in total. The number of hydrogen-bond donors (Lipinski definition) is 1. The first-order valence-electron chi connectivity index (χ1n) is 9.79. The zero-order valence-corrected chi connectivity index (χ0v) is 18.4. The lowest BCUT2D eigenvalue weighted by Gasteiger charge is -2.15. The van der Waals surface area contributed by atoms with Crippen molar-refractivity contribution >= 4 is 38.2 Å². The Kier molecular flexibility index (Phi) is 5.85. The van der Waals surface area contributed by atoms with Gasteiger partial charge >= 0.3 is 0 Å². The van der Waals surface area contributed by atoms with Gasteiger partial charge in [0.15, 0.2) is 0 Å². The number of amides is 1. The molecule has 1 aromatic heterocycles. The third-order valence-electron chi connectivity index (χ3n) is 5.16. The Labute approximate surface area is 186 Å². The van der Waals surface area contributed by atoms with Crippen LogP contribution in [-0.4, -0.2) is 18.9 Å². The number of nitrogens with one attached hydrogen (secondary N) is 1. The Balaban J connectivity index is 1.65. The van der Waals surface area contributed by atoms with Crippen molar-refractivity contribution < 1.29 is 13.2 Å². The van der Waals surface area contributed by atoms with Crippen molar-refractivity contribution in [3.05, 3.63) is 95.6 Å². The first-order valence-corrected chi connectivity index (χ1v) is 11.7. The van der Waals surface area contributed by atoms with Gasteiger partial charge in [-0.1, -0.05) is 60.1 Å². The third kappa shape index (κ3) is 4.36. The van der Waals surface area contributed by atoms with Gasteiger partial charge in [-0.05, 0) is 42.8 Å². The van der Waals surface area contributed by atoms with E-state index in [-0.39, 0.29) is 28.3 Å². The molecular weight excluding hydrogens is 432 g/mol. The molecule has 158 valence electrons. The Morgan fingerprint density at radius 2 is 1.61 bits per heavy atom. The van der Waals surface area contributed by atoms with Crippen LogP contribution < -0.4 is 5.32 Å². The van der Waals surface area contributed by atoms with E-state index in [2.05, 4.69) is 5.32 Å². The van der Waals surface area contributed by atoms with Gasteiger partial charge in [0.25, 0.3) is 0 Å². The minimum atomic E-state index is -3.77. The van der Waals surface area contributed by atoms with Crippen LogP contribution in [0.2, 0.25) is 5.02 Å². The lowest BCUT2D eigenvalue weighted by atomic mass is 10.1. The van der Waals surface area contributed by atoms with Gasteiger partial charge in [0, 0.05) is 22.1 Å². The summed E-state index contributed by atoms with van der Waals surface area (Å²) in [5.41, 5.74) is 1.68. The van der Waals surface area contributed by atoms with E-state index in [1.165, 1.54) is 18.3 Å². The van der Waals surface area contributed by atoms with E-state index < -0.39 is 9.84 Å². The maximum absolute atomic E-state index is 13.3. The number of halogens is 1. The number of benzene rings is 3. The van der Waals surface area contributed by atoms with Crippen LogP contribution in [0.4, 0.5) is 0 Å². The van der Waals surface area contributed by atoms with Gasteiger partial charge in [-0.2, -0.15) is 0 Å². The van der Waals surface area contributed by atoms with Crippen LogP contribution >= 0.6 is 11.6 Å². The largest absolute Gasteiger partial charge is 0.348 e. The minimum absolute atomic E-state index is 0.00776. The molecule has 4 aromatic rings. The summed E-state index contributed by atoms with van der Waals surface area (Å²) >= 11 is 5.91. The summed E-state index contributed by atoms with van der Waals surface area (Å²) in [4.78, 5) is 13.0. The normalized spacial score (nSPS) is 12.6. The molecule has 5 nitrogen and oxygen atoms in total. The fourth-order valence-electron chi connectivity index (χ4n) is 3.57. The average Bonchev–Trinajstić information content (AvgIpc) is 3.14. The van der Waals surface area contributed by atoms with Crippen molar-refractivity contribution in [1.29, 1.82) is 0 Å². The predicted octanol–water partition coefficient (Wildman–Crippen LogP) is 5.00. The molecule has 0 aliphatic rings. The smallest absolute Gasteiger partial charge is 0.240 e. The van der Waals surface area contributed by atoms with Crippen LogP contribution in [-0.2, 0) is 21.2 Å². The van der Waals surface area contributed by atoms with Crippen molar-refractivity contribution in [3.8, 4) is 0 Å². The van der Waals surface area contributed by atoms with Gasteiger partial charge in [-0.25, -0.2) is 8.42 Å². The maximum Gasteiger partial charge on any atom is 0.240 e. The Bertz CT molecular complexity index is 1330. The summed E-state index contributed by atoms with van der Waals surface area (Å²) in [5.74, 6) is -0.201. The van der Waals surface area contributed by atoms with Crippen molar-refractivity contribution in [2.45, 2.75) is 29.3 Å². The van der Waals surface area contributed by atoms with E-state index in [4.69, 9.17) is 11.6 Å². The molecule has 0 saturated carbocycles. The quantitative estimate of drug-likeness (QED) is 0.447. The fourth-order valence-corrected chi connectivity index (χ4v) is 5.17. The van der Waals surface area contributed by atoms with E-state index in [0.717, 1.165) is 5.56 Å². The van der Waals surface area contributed by atoms with E-state index in [1.54, 1.807) is 28.8 Å². The Hall–Kier alpha value is -3.09. The lowest BCUT2D eigenvalue weighted by Crippen LogP contribution is -2.29. The van der Waals surface area contributed by atoms with Crippen LogP contribution in [0.1, 0.15) is 18.5 Å². The van der Waals surface area contributed by atoms with Crippen LogP contribution in [0, 0.1) is 0 Å². The minimum Gasteiger partial charge on any atom is -0.348 e. The fraction of sp³-hybridized carbons (Fsp3) is 0.125. The summed E-state index contributed by atoms with van der Waals surface area (Å²) < 4.78 is 28.2. The third-order valence-corrected chi connectivity index (χ3v) is 7.21. The van der Waals surface area contributed by atoms with Gasteiger partial charge in [0.1, 0.15) is 6.54 Å². The molecule has 1 atom stereocenters. The SMILES string of the molecule is CC(NC(=O)Cn1cc(S(=O)(=O)c2ccc(Cl)cc2)c2ccccc21)c1ccccc1. The van der Waals surface area contributed by atoms with Gasteiger partial charge in [0.05, 0.1) is 15.8 Å². The van der Waals surface area contributed by atoms with Gasteiger partial charge in [-0.15, -0.1) is 0 Å². The molecule has 1 unspecified atom stereocenters. The summed E-state index contributed by atoms with van der Waals surface area (Å²) in [5, 5.41) is 4.01. The summed E-state index contributed by atoms with van der Waals surface area (Å²) in [7, 11) is -3.77. The molecule has 0 fully saturated rings. The zero-order valence-electron chi connectivity index (χ0n) is 16.8. The van der Waals surface area contributed by atoms with E-state index in [0.29, 0.717) is 15.9 Å². The monoisotopic (exact) mass is 452 g/mol. The molecule has 4 rings (SSSR count). The number of carbonyl (C=O) groups excluding carboxylic acids is 1. The standard InChI is InChI=1S/C24H21ClN2O3S/c1-17(18-7-3-2-4-8-18)26-24(28)16-27-15-23(21-9-5-6-10-22(21)27)31(29,30)20-13-11-19(25)12-14-20/h2-15,17H,16H2,1H3,(H,26,28). The second-order valence-electron chi connectivity index (χ2n) is 7.30. The van der Waals surface area contributed by atoms with Crippen LogP contribution in [0.3, 0.4) is 0 Å². The number of para-hydroxylation sites is 1. The Morgan fingerprint density at radius 1 is 0.968 bits per heavy atom. The predicted molar refractivity (Wildman–Crippen MR) is 122 cm³/mol. The number of sulfone groups is 1. The highest BCUT2D eigenvalue weighted by molar-refractivity contribution is 7.91. The first-order chi connectivity index (χ1) is 14.9. The average molecular weight is 453 g/mol. The summed E-state index contributed by atoms with van der Waals surface area (Å²) in [6.45, 7) is 1.92. The molecule has 0 spiro atoms. The highest BCUT2D eigenvalue weighted by Crippen LogP contribution is 2.30. The number of rotatable bonds is 6. The van der Waals surface area contributed by atoms with Gasteiger partial charge in [0.2, 0.25) is 15.7 Å². The molecule has 1 amide bonds. The molecule has 7 heteroatoms. The maximum atomic E-state index is 13.3. The number of nitrogens with zero attached hydrogens (tertiary/aromatic N) is 1. The van der Waals surface area contributed by atoms with E-state index in [9.17, 15) is 13.2 Å². The molecule has 0 aliphatic heterocycles. The molecular formula is C24H21ClN2O3S. The highest BCUT2D eigenvalue weighted by Gasteiger charge is 2.24.